The molecular weight excluding hydrogens is 322 g/mol. The summed E-state index contributed by atoms with van der Waals surface area (Å²) in [6.07, 6.45) is 4.32. The number of amides is 1. The summed E-state index contributed by atoms with van der Waals surface area (Å²) in [5.74, 6) is 1.91. The predicted molar refractivity (Wildman–Crippen MR) is 88.5 cm³/mol. The molecule has 0 bridgehead atoms. The lowest BCUT2D eigenvalue weighted by molar-refractivity contribution is 0.0835. The van der Waals surface area contributed by atoms with Gasteiger partial charge in [0, 0.05) is 25.1 Å². The zero-order valence-electron chi connectivity index (χ0n) is 14.0. The number of ether oxygens (including phenoxy) is 2. The highest BCUT2D eigenvalue weighted by atomic mass is 16.5. The molecule has 2 aliphatic heterocycles. The van der Waals surface area contributed by atoms with E-state index in [1.165, 1.54) is 0 Å². The van der Waals surface area contributed by atoms with Crippen LogP contribution < -0.4 is 10.1 Å². The Labute approximate surface area is 145 Å². The summed E-state index contributed by atoms with van der Waals surface area (Å²) < 4.78 is 16.3. The number of hydrogen-bond acceptors (Lipinski definition) is 6. The van der Waals surface area contributed by atoms with Crippen molar-refractivity contribution in [2.75, 3.05) is 19.8 Å². The molecule has 1 fully saturated rings. The lowest BCUT2D eigenvalue weighted by Gasteiger charge is -2.17. The normalized spacial score (nSPS) is 19.3. The maximum atomic E-state index is 12.3. The van der Waals surface area contributed by atoms with Gasteiger partial charge in [0.15, 0.2) is 5.82 Å². The van der Waals surface area contributed by atoms with Gasteiger partial charge in [0.2, 0.25) is 0 Å². The Kier molecular flexibility index (Phi) is 4.65. The second-order valence-corrected chi connectivity index (χ2v) is 6.33. The van der Waals surface area contributed by atoms with Crippen LogP contribution in [0.15, 0.2) is 22.7 Å². The molecule has 132 valence electrons. The van der Waals surface area contributed by atoms with E-state index in [4.69, 9.17) is 14.0 Å². The maximum absolute atomic E-state index is 12.3. The largest absolute Gasteiger partial charge is 0.493 e. The minimum atomic E-state index is -0.101. The number of carbonyl (C=O) groups is 1. The van der Waals surface area contributed by atoms with Crippen LogP contribution in [0, 0.1) is 0 Å². The van der Waals surface area contributed by atoms with E-state index in [-0.39, 0.29) is 12.0 Å². The fraction of sp³-hybridized carbons (Fsp3) is 0.500. The van der Waals surface area contributed by atoms with Gasteiger partial charge in [-0.2, -0.15) is 4.98 Å². The third-order valence-electron chi connectivity index (χ3n) is 4.49. The van der Waals surface area contributed by atoms with E-state index in [0.717, 1.165) is 50.2 Å². The number of aryl methyl sites for hydroxylation is 1. The van der Waals surface area contributed by atoms with E-state index in [1.807, 2.05) is 12.1 Å². The molecule has 2 aliphatic rings. The molecule has 2 aromatic rings. The molecule has 0 aliphatic carbocycles. The van der Waals surface area contributed by atoms with Crippen LogP contribution >= 0.6 is 0 Å². The number of carbonyl (C=O) groups excluding carboxylic acids is 1. The van der Waals surface area contributed by atoms with Crippen molar-refractivity contribution in [2.24, 2.45) is 0 Å². The summed E-state index contributed by atoms with van der Waals surface area (Å²) in [6.45, 7) is 1.94. The fourth-order valence-electron chi connectivity index (χ4n) is 3.16. The standard InChI is InChI=1S/C18H21N3O4/c22-17(13-5-6-14-12(11-13)3-1-9-23-14)19-8-7-16-20-18(25-21-16)15-4-2-10-24-15/h5-6,11,15H,1-4,7-10H2,(H,19,22). The predicted octanol–water partition coefficient (Wildman–Crippen LogP) is 2.22. The second kappa shape index (κ2) is 7.23. The Morgan fingerprint density at radius 3 is 3.12 bits per heavy atom. The van der Waals surface area contributed by atoms with Crippen LogP contribution in [-0.2, 0) is 17.6 Å². The van der Waals surface area contributed by atoms with Gasteiger partial charge in [0.1, 0.15) is 11.9 Å². The van der Waals surface area contributed by atoms with Gasteiger partial charge in [-0.15, -0.1) is 0 Å². The van der Waals surface area contributed by atoms with Crippen LogP contribution in [0.25, 0.3) is 0 Å². The van der Waals surface area contributed by atoms with Crippen LogP contribution in [-0.4, -0.2) is 35.8 Å². The van der Waals surface area contributed by atoms with Crippen LogP contribution in [0.4, 0.5) is 0 Å². The first-order chi connectivity index (χ1) is 12.3. The van der Waals surface area contributed by atoms with Crippen molar-refractivity contribution in [3.8, 4) is 5.75 Å². The molecule has 1 atom stereocenters. The molecule has 3 heterocycles. The lowest BCUT2D eigenvalue weighted by atomic mass is 10.0. The Hall–Kier alpha value is -2.41. The van der Waals surface area contributed by atoms with E-state index >= 15 is 0 Å². The van der Waals surface area contributed by atoms with Crippen LogP contribution in [0.2, 0.25) is 0 Å². The summed E-state index contributed by atoms with van der Waals surface area (Å²) in [6, 6.07) is 5.58. The molecule has 7 nitrogen and oxygen atoms in total. The number of fused-ring (bicyclic) bond motifs is 1. The number of nitrogens with zero attached hydrogens (tertiary/aromatic N) is 2. The van der Waals surface area contributed by atoms with Crippen molar-refractivity contribution in [1.82, 2.24) is 15.5 Å². The van der Waals surface area contributed by atoms with Gasteiger partial charge in [-0.05, 0) is 49.4 Å². The number of benzene rings is 1. The molecule has 1 aromatic carbocycles. The zero-order chi connectivity index (χ0) is 17.1. The van der Waals surface area contributed by atoms with Crippen LogP contribution in [0.1, 0.15) is 53.0 Å². The Balaban J connectivity index is 1.30. The average molecular weight is 343 g/mol. The number of nitrogens with one attached hydrogen (secondary N) is 1. The molecule has 0 radical (unpaired) electrons. The monoisotopic (exact) mass is 343 g/mol. The average Bonchev–Trinajstić information content (AvgIpc) is 3.32. The van der Waals surface area contributed by atoms with E-state index in [0.29, 0.717) is 30.2 Å². The van der Waals surface area contributed by atoms with Crippen molar-refractivity contribution >= 4 is 5.91 Å². The molecule has 25 heavy (non-hydrogen) atoms. The van der Waals surface area contributed by atoms with Crippen molar-refractivity contribution in [2.45, 2.75) is 38.2 Å². The van der Waals surface area contributed by atoms with E-state index < -0.39 is 0 Å². The van der Waals surface area contributed by atoms with Gasteiger partial charge in [-0.3, -0.25) is 4.79 Å². The number of rotatable bonds is 5. The van der Waals surface area contributed by atoms with Gasteiger partial charge in [-0.25, -0.2) is 0 Å². The molecule has 0 saturated carbocycles. The molecule has 1 N–H and O–H groups in total. The maximum Gasteiger partial charge on any atom is 0.255 e. The molecule has 1 aromatic heterocycles. The Bertz CT molecular complexity index is 753. The van der Waals surface area contributed by atoms with E-state index in [1.54, 1.807) is 6.07 Å². The van der Waals surface area contributed by atoms with E-state index in [2.05, 4.69) is 15.5 Å². The molecule has 7 heteroatoms. The number of aromatic nitrogens is 2. The topological polar surface area (TPSA) is 86.5 Å². The first kappa shape index (κ1) is 16.1. The summed E-state index contributed by atoms with van der Waals surface area (Å²) >= 11 is 0. The Morgan fingerprint density at radius 2 is 2.24 bits per heavy atom. The third-order valence-corrected chi connectivity index (χ3v) is 4.49. The minimum absolute atomic E-state index is 0.0754. The molecular formula is C18H21N3O4. The second-order valence-electron chi connectivity index (χ2n) is 6.33. The molecule has 4 rings (SSSR count). The van der Waals surface area contributed by atoms with Gasteiger partial charge in [0.25, 0.3) is 11.8 Å². The van der Waals surface area contributed by atoms with Crippen molar-refractivity contribution in [3.63, 3.8) is 0 Å². The molecule has 0 spiro atoms. The molecule has 1 amide bonds. The SMILES string of the molecule is O=C(NCCc1noc(C2CCCO2)n1)c1ccc2c(c1)CCCO2. The summed E-state index contributed by atoms with van der Waals surface area (Å²) in [5.41, 5.74) is 1.75. The lowest BCUT2D eigenvalue weighted by Crippen LogP contribution is -2.26. The van der Waals surface area contributed by atoms with Crippen LogP contribution in [0.5, 0.6) is 5.75 Å². The fourth-order valence-corrected chi connectivity index (χ4v) is 3.16. The quantitative estimate of drug-likeness (QED) is 0.896. The summed E-state index contributed by atoms with van der Waals surface area (Å²) in [5, 5.41) is 6.85. The first-order valence-corrected chi connectivity index (χ1v) is 8.77. The summed E-state index contributed by atoms with van der Waals surface area (Å²) in [4.78, 5) is 16.6. The first-order valence-electron chi connectivity index (χ1n) is 8.77. The van der Waals surface area contributed by atoms with Gasteiger partial charge in [-0.1, -0.05) is 5.16 Å². The zero-order valence-corrected chi connectivity index (χ0v) is 14.0. The highest BCUT2D eigenvalue weighted by Gasteiger charge is 2.23. The smallest absolute Gasteiger partial charge is 0.255 e. The highest BCUT2D eigenvalue weighted by Crippen LogP contribution is 2.27. The van der Waals surface area contributed by atoms with E-state index in [9.17, 15) is 4.79 Å². The van der Waals surface area contributed by atoms with Crippen molar-refractivity contribution < 1.29 is 18.8 Å². The van der Waals surface area contributed by atoms with Gasteiger partial charge in [0.05, 0.1) is 6.61 Å². The minimum Gasteiger partial charge on any atom is -0.493 e. The number of hydrogen-bond donors (Lipinski definition) is 1. The van der Waals surface area contributed by atoms with Gasteiger partial charge < -0.3 is 19.3 Å². The van der Waals surface area contributed by atoms with Crippen molar-refractivity contribution in [3.05, 3.63) is 41.0 Å². The van der Waals surface area contributed by atoms with Gasteiger partial charge >= 0.3 is 0 Å². The Morgan fingerprint density at radius 1 is 1.28 bits per heavy atom. The molecule has 1 saturated heterocycles. The molecule has 1 unspecified atom stereocenters. The third kappa shape index (κ3) is 3.66. The summed E-state index contributed by atoms with van der Waals surface area (Å²) in [7, 11) is 0. The van der Waals surface area contributed by atoms with Crippen LogP contribution in [0.3, 0.4) is 0 Å². The highest BCUT2D eigenvalue weighted by molar-refractivity contribution is 5.94. The van der Waals surface area contributed by atoms with Crippen molar-refractivity contribution in [1.29, 1.82) is 0 Å².